The third-order valence-electron chi connectivity index (χ3n) is 3.24. The maximum atomic E-state index is 10.7. The molecule has 0 aromatic heterocycles. The van der Waals surface area contributed by atoms with Crippen LogP contribution in [-0.4, -0.2) is 10.0 Å². The highest BCUT2D eigenvalue weighted by Crippen LogP contribution is 2.26. The van der Waals surface area contributed by atoms with Crippen molar-refractivity contribution >= 4 is 5.69 Å². The molecule has 0 amide bonds. The van der Waals surface area contributed by atoms with Gasteiger partial charge in [-0.25, -0.2) is 0 Å². The van der Waals surface area contributed by atoms with E-state index in [-0.39, 0.29) is 5.69 Å². The molecule has 0 unspecified atom stereocenters. The average molecular weight is 257 g/mol. The molecule has 2 aromatic carbocycles. The van der Waals surface area contributed by atoms with E-state index in [0.717, 1.165) is 16.7 Å². The van der Waals surface area contributed by atoms with Crippen molar-refractivity contribution in [2.45, 2.75) is 20.0 Å². The summed E-state index contributed by atoms with van der Waals surface area (Å²) in [5.41, 5.74) is 3.48. The van der Waals surface area contributed by atoms with E-state index in [0.29, 0.717) is 5.56 Å². The topological polar surface area (TPSA) is 63.4 Å². The summed E-state index contributed by atoms with van der Waals surface area (Å²) in [7, 11) is 0. The van der Waals surface area contributed by atoms with Crippen LogP contribution in [0.25, 0.3) is 0 Å². The average Bonchev–Trinajstić information content (AvgIpc) is 2.41. The molecule has 0 saturated carbocycles. The highest BCUT2D eigenvalue weighted by atomic mass is 16.6. The van der Waals surface area contributed by atoms with Gasteiger partial charge in [-0.1, -0.05) is 30.3 Å². The Kier molecular flexibility index (Phi) is 3.62. The van der Waals surface area contributed by atoms with E-state index in [9.17, 15) is 15.2 Å². The first kappa shape index (κ1) is 13.2. The summed E-state index contributed by atoms with van der Waals surface area (Å²) in [5.74, 6) is 0. The summed E-state index contributed by atoms with van der Waals surface area (Å²) in [6, 6.07) is 11.8. The van der Waals surface area contributed by atoms with Crippen molar-refractivity contribution in [3.8, 4) is 0 Å². The SMILES string of the molecule is Cc1ccc([C@H](O)c2cccc([N+](=O)[O-])c2)cc1C. The third kappa shape index (κ3) is 2.80. The number of non-ortho nitro benzene ring substituents is 1. The second-order valence-electron chi connectivity index (χ2n) is 4.60. The van der Waals surface area contributed by atoms with Gasteiger partial charge in [0.25, 0.3) is 5.69 Å². The van der Waals surface area contributed by atoms with Crippen molar-refractivity contribution in [1.82, 2.24) is 0 Å². The quantitative estimate of drug-likeness (QED) is 0.677. The molecule has 0 heterocycles. The molecule has 2 rings (SSSR count). The molecule has 98 valence electrons. The molecular weight excluding hydrogens is 242 g/mol. The molecule has 0 saturated heterocycles. The number of hydrogen-bond donors (Lipinski definition) is 1. The predicted molar refractivity (Wildman–Crippen MR) is 73.1 cm³/mol. The molecule has 0 aliphatic carbocycles. The van der Waals surface area contributed by atoms with Crippen LogP contribution >= 0.6 is 0 Å². The molecule has 1 atom stereocenters. The molecule has 0 aliphatic heterocycles. The monoisotopic (exact) mass is 257 g/mol. The highest BCUT2D eigenvalue weighted by Gasteiger charge is 2.14. The first-order valence-electron chi connectivity index (χ1n) is 5.98. The van der Waals surface area contributed by atoms with Gasteiger partial charge in [0.15, 0.2) is 0 Å². The first-order chi connectivity index (χ1) is 8.99. The number of aryl methyl sites for hydroxylation is 2. The number of aliphatic hydroxyl groups excluding tert-OH is 1. The van der Waals surface area contributed by atoms with E-state index in [2.05, 4.69) is 0 Å². The fourth-order valence-electron chi connectivity index (χ4n) is 1.94. The summed E-state index contributed by atoms with van der Waals surface area (Å²) >= 11 is 0. The van der Waals surface area contributed by atoms with Crippen LogP contribution in [0, 0.1) is 24.0 Å². The normalized spacial score (nSPS) is 12.2. The zero-order valence-corrected chi connectivity index (χ0v) is 10.8. The van der Waals surface area contributed by atoms with Crippen molar-refractivity contribution < 1.29 is 10.0 Å². The molecule has 0 fully saturated rings. The van der Waals surface area contributed by atoms with E-state index in [1.54, 1.807) is 12.1 Å². The van der Waals surface area contributed by atoms with E-state index in [1.165, 1.54) is 12.1 Å². The second kappa shape index (κ2) is 5.20. The molecule has 4 nitrogen and oxygen atoms in total. The zero-order chi connectivity index (χ0) is 14.0. The number of nitrogens with zero attached hydrogens (tertiary/aromatic N) is 1. The Morgan fingerprint density at radius 2 is 1.74 bits per heavy atom. The maximum Gasteiger partial charge on any atom is 0.269 e. The third-order valence-corrected chi connectivity index (χ3v) is 3.24. The molecule has 0 bridgehead atoms. The van der Waals surface area contributed by atoms with Gasteiger partial charge in [-0.2, -0.15) is 0 Å². The lowest BCUT2D eigenvalue weighted by Gasteiger charge is -2.13. The van der Waals surface area contributed by atoms with Gasteiger partial charge in [-0.3, -0.25) is 10.1 Å². The first-order valence-corrected chi connectivity index (χ1v) is 5.98. The molecule has 19 heavy (non-hydrogen) atoms. The standard InChI is InChI=1S/C15H15NO3/c1-10-6-7-13(8-11(10)2)15(17)12-4-3-5-14(9-12)16(18)19/h3-9,15,17H,1-2H3/t15-/m1/s1. The lowest BCUT2D eigenvalue weighted by atomic mass is 9.98. The number of nitro benzene ring substituents is 1. The molecule has 0 radical (unpaired) electrons. The van der Waals surface area contributed by atoms with Gasteiger partial charge in [0.05, 0.1) is 4.92 Å². The van der Waals surface area contributed by atoms with E-state index in [4.69, 9.17) is 0 Å². The minimum atomic E-state index is -0.848. The van der Waals surface area contributed by atoms with Crippen molar-refractivity contribution in [2.75, 3.05) is 0 Å². The molecule has 0 spiro atoms. The minimum Gasteiger partial charge on any atom is -0.384 e. The molecule has 1 N–H and O–H groups in total. The van der Waals surface area contributed by atoms with E-state index in [1.807, 2.05) is 32.0 Å². The van der Waals surface area contributed by atoms with Gasteiger partial charge in [-0.05, 0) is 36.1 Å². The fraction of sp³-hybridized carbons (Fsp3) is 0.200. The van der Waals surface area contributed by atoms with Gasteiger partial charge in [-0.15, -0.1) is 0 Å². The molecule has 0 aliphatic rings. The Labute approximate surface area is 111 Å². The van der Waals surface area contributed by atoms with Crippen LogP contribution in [-0.2, 0) is 0 Å². The summed E-state index contributed by atoms with van der Waals surface area (Å²) in [4.78, 5) is 10.3. The van der Waals surface area contributed by atoms with Gasteiger partial charge in [0, 0.05) is 12.1 Å². The Morgan fingerprint density at radius 3 is 2.37 bits per heavy atom. The van der Waals surface area contributed by atoms with Crippen molar-refractivity contribution in [3.05, 3.63) is 74.8 Å². The van der Waals surface area contributed by atoms with Crippen LogP contribution in [0.5, 0.6) is 0 Å². The summed E-state index contributed by atoms with van der Waals surface area (Å²) in [6.45, 7) is 3.97. The Morgan fingerprint density at radius 1 is 1.05 bits per heavy atom. The number of nitro groups is 1. The fourth-order valence-corrected chi connectivity index (χ4v) is 1.94. The molecule has 2 aromatic rings. The highest BCUT2D eigenvalue weighted by molar-refractivity contribution is 5.40. The maximum absolute atomic E-state index is 10.7. The number of rotatable bonds is 3. The van der Waals surface area contributed by atoms with Crippen LogP contribution in [0.1, 0.15) is 28.4 Å². The summed E-state index contributed by atoms with van der Waals surface area (Å²) in [6.07, 6.45) is -0.848. The van der Waals surface area contributed by atoms with E-state index < -0.39 is 11.0 Å². The van der Waals surface area contributed by atoms with Gasteiger partial charge < -0.3 is 5.11 Å². The Bertz CT molecular complexity index is 623. The van der Waals surface area contributed by atoms with Crippen molar-refractivity contribution in [3.63, 3.8) is 0 Å². The van der Waals surface area contributed by atoms with Crippen LogP contribution in [0.2, 0.25) is 0 Å². The smallest absolute Gasteiger partial charge is 0.269 e. The van der Waals surface area contributed by atoms with Crippen LogP contribution < -0.4 is 0 Å². The predicted octanol–water partition coefficient (Wildman–Crippen LogP) is 3.29. The number of aliphatic hydroxyl groups is 1. The largest absolute Gasteiger partial charge is 0.384 e. The zero-order valence-electron chi connectivity index (χ0n) is 10.8. The molecule has 4 heteroatoms. The number of benzene rings is 2. The summed E-state index contributed by atoms with van der Waals surface area (Å²) in [5, 5.41) is 21.0. The lowest BCUT2D eigenvalue weighted by Crippen LogP contribution is -2.01. The van der Waals surface area contributed by atoms with Gasteiger partial charge in [0.2, 0.25) is 0 Å². The minimum absolute atomic E-state index is 0.0135. The molecular formula is C15H15NO3. The Hall–Kier alpha value is -2.20. The van der Waals surface area contributed by atoms with Gasteiger partial charge >= 0.3 is 0 Å². The van der Waals surface area contributed by atoms with E-state index >= 15 is 0 Å². The van der Waals surface area contributed by atoms with Crippen LogP contribution in [0.3, 0.4) is 0 Å². The second-order valence-corrected chi connectivity index (χ2v) is 4.60. The van der Waals surface area contributed by atoms with Crippen LogP contribution in [0.4, 0.5) is 5.69 Å². The number of hydrogen-bond acceptors (Lipinski definition) is 3. The Balaban J connectivity index is 2.37. The summed E-state index contributed by atoms with van der Waals surface area (Å²) < 4.78 is 0. The van der Waals surface area contributed by atoms with Crippen molar-refractivity contribution in [2.24, 2.45) is 0 Å². The van der Waals surface area contributed by atoms with Crippen LogP contribution in [0.15, 0.2) is 42.5 Å². The lowest BCUT2D eigenvalue weighted by molar-refractivity contribution is -0.385. The van der Waals surface area contributed by atoms with Crippen molar-refractivity contribution in [1.29, 1.82) is 0 Å². The van der Waals surface area contributed by atoms with Gasteiger partial charge in [0.1, 0.15) is 6.10 Å².